The van der Waals surface area contributed by atoms with Crippen LogP contribution in [-0.2, 0) is 11.2 Å². The first-order chi connectivity index (χ1) is 8.07. The Bertz CT molecular complexity index is 412. The molecule has 1 aliphatic rings. The van der Waals surface area contributed by atoms with Gasteiger partial charge in [-0.2, -0.15) is 0 Å². The fourth-order valence-electron chi connectivity index (χ4n) is 2.45. The van der Waals surface area contributed by atoms with Crippen LogP contribution in [0.15, 0.2) is 22.7 Å². The molecule has 4 heteroatoms. The fourth-order valence-corrected chi connectivity index (χ4v) is 2.86. The van der Waals surface area contributed by atoms with E-state index in [2.05, 4.69) is 15.9 Å². The Morgan fingerprint density at radius 2 is 2.35 bits per heavy atom. The Labute approximate surface area is 109 Å². The second kappa shape index (κ2) is 5.04. The molecule has 1 saturated heterocycles. The number of rotatable bonds is 3. The molecule has 2 unspecified atom stereocenters. The lowest BCUT2D eigenvalue weighted by atomic mass is 9.76. The van der Waals surface area contributed by atoms with Gasteiger partial charge in [0.2, 0.25) is 0 Å². The van der Waals surface area contributed by atoms with Crippen LogP contribution >= 0.6 is 15.9 Å². The van der Waals surface area contributed by atoms with Crippen LogP contribution < -0.4 is 5.73 Å². The first-order valence-electron chi connectivity index (χ1n) is 5.83. The molecule has 0 aliphatic carbocycles. The first-order valence-corrected chi connectivity index (χ1v) is 6.62. The third-order valence-corrected chi connectivity index (χ3v) is 4.28. The zero-order valence-electron chi connectivity index (χ0n) is 9.88. The summed E-state index contributed by atoms with van der Waals surface area (Å²) in [6.07, 6.45) is 1.62. The third kappa shape index (κ3) is 2.54. The summed E-state index contributed by atoms with van der Waals surface area (Å²) in [7, 11) is 0. The van der Waals surface area contributed by atoms with Gasteiger partial charge in [-0.15, -0.1) is 0 Å². The Morgan fingerprint density at radius 1 is 1.59 bits per heavy atom. The second-order valence-electron chi connectivity index (χ2n) is 4.74. The first kappa shape index (κ1) is 13.0. The molecule has 0 spiro atoms. The molecular formula is C13H17BrFNO. The van der Waals surface area contributed by atoms with E-state index in [1.54, 1.807) is 6.07 Å². The van der Waals surface area contributed by atoms with Crippen LogP contribution in [0.4, 0.5) is 4.39 Å². The van der Waals surface area contributed by atoms with E-state index < -0.39 is 0 Å². The average Bonchev–Trinajstić information content (AvgIpc) is 2.66. The van der Waals surface area contributed by atoms with Crippen molar-refractivity contribution in [2.75, 3.05) is 13.2 Å². The Balaban J connectivity index is 2.27. The Morgan fingerprint density at radius 3 is 2.94 bits per heavy atom. The van der Waals surface area contributed by atoms with E-state index in [9.17, 15) is 4.39 Å². The van der Waals surface area contributed by atoms with Crippen molar-refractivity contribution in [1.29, 1.82) is 0 Å². The maximum atomic E-state index is 13.8. The summed E-state index contributed by atoms with van der Waals surface area (Å²) in [5.41, 5.74) is 6.47. The van der Waals surface area contributed by atoms with E-state index in [1.165, 1.54) is 6.07 Å². The summed E-state index contributed by atoms with van der Waals surface area (Å²) in [6, 6.07) is 5.03. The van der Waals surface area contributed by atoms with Gasteiger partial charge in [0, 0.05) is 23.0 Å². The van der Waals surface area contributed by atoms with Crippen molar-refractivity contribution >= 4 is 15.9 Å². The normalized spacial score (nSPS) is 28.6. The minimum Gasteiger partial charge on any atom is -0.378 e. The summed E-state index contributed by atoms with van der Waals surface area (Å²) in [5.74, 6) is -0.167. The van der Waals surface area contributed by atoms with Crippen LogP contribution in [0.5, 0.6) is 0 Å². The molecule has 0 radical (unpaired) electrons. The minimum absolute atomic E-state index is 0.0888. The summed E-state index contributed by atoms with van der Waals surface area (Å²) in [5, 5.41) is 0. The average molecular weight is 302 g/mol. The lowest BCUT2D eigenvalue weighted by Gasteiger charge is -2.31. The molecule has 0 aromatic heterocycles. The van der Waals surface area contributed by atoms with Gasteiger partial charge < -0.3 is 10.5 Å². The SMILES string of the molecule is CC1OCCC1(CN)Cc1cc(Br)ccc1F. The number of nitrogens with two attached hydrogens (primary N) is 1. The van der Waals surface area contributed by atoms with Crippen LogP contribution in [-0.4, -0.2) is 19.3 Å². The molecule has 1 aromatic carbocycles. The predicted molar refractivity (Wildman–Crippen MR) is 69.3 cm³/mol. The standard InChI is InChI=1S/C13H17BrFNO/c1-9-13(8-16,4-5-17-9)7-10-6-11(14)2-3-12(10)15/h2-3,6,9H,4-5,7-8,16H2,1H3. The molecule has 0 saturated carbocycles. The summed E-state index contributed by atoms with van der Waals surface area (Å²) >= 11 is 3.37. The molecule has 1 heterocycles. The topological polar surface area (TPSA) is 35.2 Å². The van der Waals surface area contributed by atoms with Crippen LogP contribution in [0.3, 0.4) is 0 Å². The summed E-state index contributed by atoms with van der Waals surface area (Å²) in [6.45, 7) is 3.27. The van der Waals surface area contributed by atoms with Crippen molar-refractivity contribution in [2.24, 2.45) is 11.1 Å². The van der Waals surface area contributed by atoms with Gasteiger partial charge in [-0.1, -0.05) is 15.9 Å². The molecule has 94 valence electrons. The highest BCUT2D eigenvalue weighted by Gasteiger charge is 2.40. The molecule has 2 N–H and O–H groups in total. The Kier molecular flexibility index (Phi) is 3.85. The van der Waals surface area contributed by atoms with Crippen LogP contribution in [0.1, 0.15) is 18.9 Å². The molecule has 0 bridgehead atoms. The quantitative estimate of drug-likeness (QED) is 0.932. The number of benzene rings is 1. The molecule has 0 amide bonds. The lowest BCUT2D eigenvalue weighted by molar-refractivity contribution is 0.0670. The molecule has 1 aromatic rings. The molecule has 1 aliphatic heterocycles. The van der Waals surface area contributed by atoms with Gasteiger partial charge in [0.15, 0.2) is 0 Å². The molecule has 2 atom stereocenters. The van der Waals surface area contributed by atoms with Crippen molar-refractivity contribution in [1.82, 2.24) is 0 Å². The van der Waals surface area contributed by atoms with E-state index in [1.807, 2.05) is 13.0 Å². The molecule has 1 fully saturated rings. The van der Waals surface area contributed by atoms with Gasteiger partial charge in [-0.3, -0.25) is 0 Å². The molecular weight excluding hydrogens is 285 g/mol. The maximum absolute atomic E-state index is 13.8. The molecule has 2 nitrogen and oxygen atoms in total. The largest absolute Gasteiger partial charge is 0.378 e. The monoisotopic (exact) mass is 301 g/mol. The van der Waals surface area contributed by atoms with Crippen LogP contribution in [0, 0.1) is 11.2 Å². The van der Waals surface area contributed by atoms with E-state index in [4.69, 9.17) is 10.5 Å². The van der Waals surface area contributed by atoms with Crippen LogP contribution in [0.2, 0.25) is 0 Å². The predicted octanol–water partition coefficient (Wildman–Crippen LogP) is 2.88. The number of hydrogen-bond donors (Lipinski definition) is 1. The van der Waals surface area contributed by atoms with Gasteiger partial charge in [-0.25, -0.2) is 4.39 Å². The van der Waals surface area contributed by atoms with E-state index >= 15 is 0 Å². The van der Waals surface area contributed by atoms with E-state index in [-0.39, 0.29) is 17.3 Å². The van der Waals surface area contributed by atoms with E-state index in [0.717, 1.165) is 10.9 Å². The smallest absolute Gasteiger partial charge is 0.126 e. The molecule has 2 rings (SSSR count). The third-order valence-electron chi connectivity index (χ3n) is 3.79. The van der Waals surface area contributed by atoms with Crippen molar-refractivity contribution in [3.63, 3.8) is 0 Å². The van der Waals surface area contributed by atoms with Gasteiger partial charge in [0.25, 0.3) is 0 Å². The summed E-state index contributed by atoms with van der Waals surface area (Å²) < 4.78 is 20.2. The lowest BCUT2D eigenvalue weighted by Crippen LogP contribution is -2.39. The maximum Gasteiger partial charge on any atom is 0.126 e. The number of halogens is 2. The molecule has 17 heavy (non-hydrogen) atoms. The van der Waals surface area contributed by atoms with Crippen molar-refractivity contribution < 1.29 is 9.13 Å². The summed E-state index contributed by atoms with van der Waals surface area (Å²) in [4.78, 5) is 0. The van der Waals surface area contributed by atoms with Crippen molar-refractivity contribution in [3.05, 3.63) is 34.1 Å². The second-order valence-corrected chi connectivity index (χ2v) is 5.66. The van der Waals surface area contributed by atoms with Crippen molar-refractivity contribution in [2.45, 2.75) is 25.9 Å². The minimum atomic E-state index is -0.167. The highest BCUT2D eigenvalue weighted by Crippen LogP contribution is 2.38. The highest BCUT2D eigenvalue weighted by molar-refractivity contribution is 9.10. The number of ether oxygens (including phenoxy) is 1. The number of hydrogen-bond acceptors (Lipinski definition) is 2. The van der Waals surface area contributed by atoms with E-state index in [0.29, 0.717) is 25.1 Å². The van der Waals surface area contributed by atoms with Gasteiger partial charge in [0.1, 0.15) is 5.82 Å². The fraction of sp³-hybridized carbons (Fsp3) is 0.538. The van der Waals surface area contributed by atoms with Gasteiger partial charge in [-0.05, 0) is 43.5 Å². The van der Waals surface area contributed by atoms with Gasteiger partial charge >= 0.3 is 0 Å². The van der Waals surface area contributed by atoms with Crippen LogP contribution in [0.25, 0.3) is 0 Å². The highest BCUT2D eigenvalue weighted by atomic mass is 79.9. The zero-order chi connectivity index (χ0) is 12.5. The van der Waals surface area contributed by atoms with Gasteiger partial charge in [0.05, 0.1) is 6.10 Å². The zero-order valence-corrected chi connectivity index (χ0v) is 11.5. The Hall–Kier alpha value is -0.450. The van der Waals surface area contributed by atoms with Crippen molar-refractivity contribution in [3.8, 4) is 0 Å².